The van der Waals surface area contributed by atoms with Gasteiger partial charge in [0.1, 0.15) is 11.9 Å². The Morgan fingerprint density at radius 1 is 1.50 bits per heavy atom. The fourth-order valence-electron chi connectivity index (χ4n) is 2.12. The molecule has 3 nitrogen and oxygen atoms in total. The zero-order valence-electron chi connectivity index (χ0n) is 9.71. The van der Waals surface area contributed by atoms with Crippen LogP contribution in [0.15, 0.2) is 12.1 Å². The number of hydrogen-bond acceptors (Lipinski definition) is 3. The van der Waals surface area contributed by atoms with Gasteiger partial charge in [-0.15, -0.1) is 0 Å². The van der Waals surface area contributed by atoms with Crippen LogP contribution < -0.4 is 10.2 Å². The average Bonchev–Trinajstić information content (AvgIpc) is 2.64. The molecule has 88 valence electrons. The van der Waals surface area contributed by atoms with Crippen LogP contribution >= 0.6 is 11.6 Å². The molecule has 0 aromatic heterocycles. The first-order valence-electron chi connectivity index (χ1n) is 5.43. The van der Waals surface area contributed by atoms with E-state index >= 15 is 0 Å². The van der Waals surface area contributed by atoms with E-state index in [0.717, 1.165) is 28.3 Å². The number of rotatable bonds is 3. The molecule has 16 heavy (non-hydrogen) atoms. The third kappa shape index (κ3) is 1.79. The summed E-state index contributed by atoms with van der Waals surface area (Å²) in [6.07, 6.45) is 0.986. The van der Waals surface area contributed by atoms with Gasteiger partial charge in [-0.2, -0.15) is 5.48 Å². The zero-order chi connectivity index (χ0) is 11.7. The van der Waals surface area contributed by atoms with E-state index in [2.05, 4.69) is 12.4 Å². The lowest BCUT2D eigenvalue weighted by Crippen LogP contribution is -2.29. The van der Waals surface area contributed by atoms with Crippen molar-refractivity contribution in [1.82, 2.24) is 5.48 Å². The van der Waals surface area contributed by atoms with Gasteiger partial charge in [0.05, 0.1) is 13.2 Å². The van der Waals surface area contributed by atoms with Crippen LogP contribution in [-0.4, -0.2) is 13.2 Å². The van der Waals surface area contributed by atoms with Gasteiger partial charge >= 0.3 is 0 Å². The Bertz CT molecular complexity index is 395. The van der Waals surface area contributed by atoms with Crippen molar-refractivity contribution in [1.29, 1.82) is 0 Å². The van der Waals surface area contributed by atoms with Crippen molar-refractivity contribution in [2.45, 2.75) is 32.4 Å². The molecule has 0 amide bonds. The highest BCUT2D eigenvalue weighted by molar-refractivity contribution is 6.31. The molecule has 1 heterocycles. The number of fused-ring (bicyclic) bond motifs is 1. The lowest BCUT2D eigenvalue weighted by atomic mass is 10.0. The van der Waals surface area contributed by atoms with E-state index in [0.29, 0.717) is 0 Å². The first-order valence-corrected chi connectivity index (χ1v) is 5.81. The van der Waals surface area contributed by atoms with Crippen molar-refractivity contribution in [3.63, 3.8) is 0 Å². The highest BCUT2D eigenvalue weighted by Gasteiger charge is 2.36. The molecule has 1 aliphatic heterocycles. The summed E-state index contributed by atoms with van der Waals surface area (Å²) in [4.78, 5) is 5.02. The number of hydroxylamine groups is 1. The van der Waals surface area contributed by atoms with Gasteiger partial charge in [-0.25, -0.2) is 0 Å². The van der Waals surface area contributed by atoms with Crippen LogP contribution in [0.2, 0.25) is 5.02 Å². The molecular weight excluding hydrogens is 226 g/mol. The van der Waals surface area contributed by atoms with E-state index in [4.69, 9.17) is 21.2 Å². The van der Waals surface area contributed by atoms with Crippen LogP contribution in [0.3, 0.4) is 0 Å². The second-order valence-electron chi connectivity index (χ2n) is 3.97. The van der Waals surface area contributed by atoms with E-state index in [1.165, 1.54) is 0 Å². The van der Waals surface area contributed by atoms with E-state index in [9.17, 15) is 0 Å². The third-order valence-electron chi connectivity index (χ3n) is 2.94. The van der Waals surface area contributed by atoms with Crippen molar-refractivity contribution in [3.8, 4) is 5.75 Å². The molecule has 0 saturated heterocycles. The van der Waals surface area contributed by atoms with Crippen molar-refractivity contribution in [3.05, 3.63) is 28.3 Å². The average molecular weight is 242 g/mol. The summed E-state index contributed by atoms with van der Waals surface area (Å²) in [7, 11) is 1.61. The molecule has 1 N–H and O–H groups in total. The van der Waals surface area contributed by atoms with E-state index in [-0.39, 0.29) is 12.1 Å². The molecule has 2 rings (SSSR count). The Labute approximate surface area is 101 Å². The Hall–Kier alpha value is -0.770. The fraction of sp³-hybridized carbons (Fsp3) is 0.500. The Morgan fingerprint density at radius 3 is 2.88 bits per heavy atom. The van der Waals surface area contributed by atoms with Crippen LogP contribution in [0, 0.1) is 6.92 Å². The standard InChI is InChI=1S/C12H16ClNO2/c1-4-9-11(14-15-3)10-8(13)6-5-7(2)12(10)16-9/h5-6,9,11,14H,4H2,1-3H3. The lowest BCUT2D eigenvalue weighted by Gasteiger charge is -2.17. The van der Waals surface area contributed by atoms with Gasteiger partial charge < -0.3 is 9.57 Å². The zero-order valence-corrected chi connectivity index (χ0v) is 10.5. The van der Waals surface area contributed by atoms with Crippen molar-refractivity contribution >= 4 is 11.6 Å². The normalized spacial score (nSPS) is 23.0. The third-order valence-corrected chi connectivity index (χ3v) is 3.27. The molecular formula is C12H16ClNO2. The second-order valence-corrected chi connectivity index (χ2v) is 4.38. The molecule has 1 aromatic carbocycles. The summed E-state index contributed by atoms with van der Waals surface area (Å²) in [5, 5.41) is 0.728. The number of nitrogens with one attached hydrogen (secondary N) is 1. The molecule has 0 saturated carbocycles. The van der Waals surface area contributed by atoms with Crippen molar-refractivity contribution in [2.24, 2.45) is 0 Å². The summed E-state index contributed by atoms with van der Waals surface area (Å²) in [6, 6.07) is 3.89. The van der Waals surface area contributed by atoms with Crippen LogP contribution in [-0.2, 0) is 4.84 Å². The molecule has 2 atom stereocenters. The number of benzene rings is 1. The van der Waals surface area contributed by atoms with E-state index in [1.807, 2.05) is 19.1 Å². The number of hydrogen-bond donors (Lipinski definition) is 1. The maximum Gasteiger partial charge on any atom is 0.129 e. The molecule has 0 fully saturated rings. The first-order chi connectivity index (χ1) is 7.69. The minimum Gasteiger partial charge on any atom is -0.488 e. The summed E-state index contributed by atoms with van der Waals surface area (Å²) in [5.74, 6) is 0.897. The van der Waals surface area contributed by atoms with Gasteiger partial charge in [-0.05, 0) is 25.0 Å². The molecule has 0 radical (unpaired) electrons. The van der Waals surface area contributed by atoms with Crippen molar-refractivity contribution in [2.75, 3.05) is 7.11 Å². The van der Waals surface area contributed by atoms with Gasteiger partial charge in [-0.3, -0.25) is 0 Å². The quantitative estimate of drug-likeness (QED) is 0.826. The monoisotopic (exact) mass is 241 g/mol. The van der Waals surface area contributed by atoms with Crippen LogP contribution in [0.5, 0.6) is 5.75 Å². The van der Waals surface area contributed by atoms with Gasteiger partial charge in [0, 0.05) is 10.6 Å². The number of aryl methyl sites for hydroxylation is 1. The smallest absolute Gasteiger partial charge is 0.129 e. The van der Waals surface area contributed by atoms with Gasteiger partial charge in [0.25, 0.3) is 0 Å². The van der Waals surface area contributed by atoms with Crippen LogP contribution in [0.25, 0.3) is 0 Å². The summed E-state index contributed by atoms with van der Waals surface area (Å²) >= 11 is 6.22. The van der Waals surface area contributed by atoms with E-state index in [1.54, 1.807) is 7.11 Å². The molecule has 0 spiro atoms. The molecule has 0 bridgehead atoms. The summed E-state index contributed by atoms with van der Waals surface area (Å²) in [5.41, 5.74) is 5.08. The maximum atomic E-state index is 6.22. The van der Waals surface area contributed by atoms with Gasteiger partial charge in [-0.1, -0.05) is 24.6 Å². The number of ether oxygens (including phenoxy) is 1. The van der Waals surface area contributed by atoms with Gasteiger partial charge in [0.2, 0.25) is 0 Å². The second kappa shape index (κ2) is 4.62. The largest absolute Gasteiger partial charge is 0.488 e. The van der Waals surface area contributed by atoms with Gasteiger partial charge in [0.15, 0.2) is 0 Å². The Kier molecular flexibility index (Phi) is 3.38. The molecule has 4 heteroatoms. The van der Waals surface area contributed by atoms with Crippen molar-refractivity contribution < 1.29 is 9.57 Å². The molecule has 0 aliphatic carbocycles. The SMILES string of the molecule is CCC1Oc2c(C)ccc(Cl)c2C1NOC. The Morgan fingerprint density at radius 2 is 2.25 bits per heavy atom. The topological polar surface area (TPSA) is 30.5 Å². The fourth-order valence-corrected chi connectivity index (χ4v) is 2.38. The molecule has 1 aromatic rings. The highest BCUT2D eigenvalue weighted by Crippen LogP contribution is 2.44. The number of halogens is 1. The predicted octanol–water partition coefficient (Wildman–Crippen LogP) is 3.01. The summed E-state index contributed by atoms with van der Waals surface area (Å²) in [6.45, 7) is 4.11. The highest BCUT2D eigenvalue weighted by atomic mass is 35.5. The first kappa shape index (κ1) is 11.7. The maximum absolute atomic E-state index is 6.22. The van der Waals surface area contributed by atoms with E-state index < -0.39 is 0 Å². The van der Waals surface area contributed by atoms with Crippen LogP contribution in [0.1, 0.15) is 30.5 Å². The summed E-state index contributed by atoms with van der Waals surface area (Å²) < 4.78 is 5.91. The predicted molar refractivity (Wildman–Crippen MR) is 63.8 cm³/mol. The minimum absolute atomic E-state index is 0.0115. The van der Waals surface area contributed by atoms with Crippen LogP contribution in [0.4, 0.5) is 0 Å². The Balaban J connectivity index is 2.45. The lowest BCUT2D eigenvalue weighted by molar-refractivity contribution is 0.0283. The minimum atomic E-state index is 0.0115. The molecule has 2 unspecified atom stereocenters. The molecule has 1 aliphatic rings.